The molecule has 1 fully saturated rings. The third kappa shape index (κ3) is 46.5. The fourth-order valence-electron chi connectivity index (χ4n) is 10.8. The first kappa shape index (κ1) is 77.3. The maximum atomic E-state index is 13.4. The number of allylic oxidation sites excluding steroid dienone is 2. The zero-order chi connectivity index (χ0) is 57.7. The van der Waals surface area contributed by atoms with Crippen LogP contribution in [0.4, 0.5) is 0 Å². The highest BCUT2D eigenvalue weighted by Gasteiger charge is 2.32. The molecule has 0 N–H and O–H groups in total. The van der Waals surface area contributed by atoms with Crippen LogP contribution < -0.4 is 0 Å². The molecule has 0 amide bonds. The number of hydrogen-bond acceptors (Lipinski definition) is 6. The van der Waals surface area contributed by atoms with Gasteiger partial charge in [0, 0.05) is 31.0 Å². The van der Waals surface area contributed by atoms with E-state index in [1.165, 1.54) is 180 Å². The van der Waals surface area contributed by atoms with Crippen LogP contribution in [0.3, 0.4) is 0 Å². The van der Waals surface area contributed by atoms with Gasteiger partial charge in [0.25, 0.3) is 0 Å². The lowest BCUT2D eigenvalue weighted by atomic mass is 9.83. The van der Waals surface area contributed by atoms with E-state index in [1.54, 1.807) is 6.92 Å². The molecule has 6 heteroatoms. The number of rotatable bonds is 53. The number of carbonyl (C=O) groups excluding carboxylic acids is 3. The van der Waals surface area contributed by atoms with Crippen molar-refractivity contribution in [2.45, 2.75) is 365 Å². The van der Waals surface area contributed by atoms with Crippen molar-refractivity contribution >= 4 is 17.5 Å². The fraction of sp³-hybridized carbons (Fsp3) is 0.901. The zero-order valence-corrected chi connectivity index (χ0v) is 54.3. The van der Waals surface area contributed by atoms with E-state index in [0.29, 0.717) is 18.4 Å². The second kappa shape index (κ2) is 54.8. The number of ether oxygens (including phenoxy) is 2. The van der Waals surface area contributed by atoms with Gasteiger partial charge in [0.15, 0.2) is 5.78 Å². The predicted octanol–water partition coefficient (Wildman–Crippen LogP) is 22.3. The number of unbranched alkanes of at least 4 members (excludes halogenated alkanes) is 27. The van der Waals surface area contributed by atoms with Gasteiger partial charge in [-0.05, 0) is 122 Å². The number of hydrogen-bond donors (Lipinski definition) is 0. The van der Waals surface area contributed by atoms with Crippen LogP contribution in [0.5, 0.6) is 0 Å². The molecule has 1 aliphatic heterocycles. The molecule has 0 aliphatic carbocycles. The Kier molecular flexibility index (Phi) is 55.0. The molecule has 0 aromatic heterocycles. The van der Waals surface area contributed by atoms with E-state index < -0.39 is 5.41 Å². The van der Waals surface area contributed by atoms with Gasteiger partial charge in [0.05, 0.1) is 12.0 Å². The Morgan fingerprint density at radius 1 is 0.545 bits per heavy atom. The minimum atomic E-state index is -0.446. The van der Waals surface area contributed by atoms with E-state index in [1.807, 2.05) is 19.9 Å². The van der Waals surface area contributed by atoms with Gasteiger partial charge in [-0.2, -0.15) is 0 Å². The van der Waals surface area contributed by atoms with Crippen LogP contribution in [0.1, 0.15) is 353 Å². The lowest BCUT2D eigenvalue weighted by Gasteiger charge is -2.27. The van der Waals surface area contributed by atoms with Gasteiger partial charge >= 0.3 is 5.97 Å². The number of carbonyl (C=O) groups is 3. The van der Waals surface area contributed by atoms with Crippen molar-refractivity contribution in [3.63, 3.8) is 0 Å². The number of ketones is 2. The minimum absolute atomic E-state index is 0.000311. The summed E-state index contributed by atoms with van der Waals surface area (Å²) in [5, 5.41) is 0. The van der Waals surface area contributed by atoms with Crippen molar-refractivity contribution in [1.29, 1.82) is 0 Å². The molecule has 1 heterocycles. The maximum Gasteiger partial charge on any atom is 0.311 e. The van der Waals surface area contributed by atoms with Gasteiger partial charge in [-0.1, -0.05) is 261 Å². The maximum absolute atomic E-state index is 13.4. The van der Waals surface area contributed by atoms with Crippen LogP contribution >= 0.6 is 0 Å². The molecule has 0 aromatic rings. The molecule has 0 aromatic carbocycles. The molecule has 456 valence electrons. The highest BCUT2D eigenvalue weighted by molar-refractivity contribution is 5.89. The van der Waals surface area contributed by atoms with Gasteiger partial charge in [-0.15, -0.1) is 6.58 Å². The topological polar surface area (TPSA) is 72.9 Å². The molecular weight excluding hydrogens is 947 g/mol. The number of nitrogens with zero attached hydrogens (tertiary/aromatic N) is 1. The normalized spacial score (nSPS) is 15.3. The van der Waals surface area contributed by atoms with E-state index in [2.05, 4.69) is 85.9 Å². The van der Waals surface area contributed by atoms with Crippen molar-refractivity contribution in [3.8, 4) is 0 Å². The monoisotopic (exact) mass is 1080 g/mol. The largest absolute Gasteiger partial charge is 0.462 e. The summed E-state index contributed by atoms with van der Waals surface area (Å²) in [5.41, 5.74) is -0.656. The average Bonchev–Trinajstić information content (AvgIpc) is 3.81. The SMILES string of the molecule is C=CC(CCCCCC)CCCCCCCC.CC.CCCCCCCCC(CCCCCCCC)OC(=O)C(C)(C)CCCCCCOC[C@@H]1C[C@H](C=CC(=O)CCCCCC)CN1CCCCCCC(C)(C)C(C)=O. The van der Waals surface area contributed by atoms with Crippen molar-refractivity contribution in [1.82, 2.24) is 4.90 Å². The van der Waals surface area contributed by atoms with Crippen LogP contribution in [0.2, 0.25) is 0 Å². The van der Waals surface area contributed by atoms with Crippen LogP contribution in [-0.2, 0) is 23.9 Å². The van der Waals surface area contributed by atoms with Gasteiger partial charge < -0.3 is 9.47 Å². The Labute approximate surface area is 482 Å². The molecule has 1 unspecified atom stereocenters. The van der Waals surface area contributed by atoms with Crippen molar-refractivity contribution in [2.75, 3.05) is 26.3 Å². The first-order valence-electron chi connectivity index (χ1n) is 34.1. The van der Waals surface area contributed by atoms with Crippen molar-refractivity contribution in [3.05, 3.63) is 24.8 Å². The Bertz CT molecular complexity index is 1340. The van der Waals surface area contributed by atoms with E-state index in [4.69, 9.17) is 9.47 Å². The molecule has 1 saturated heterocycles. The van der Waals surface area contributed by atoms with Crippen LogP contribution in [0.15, 0.2) is 24.8 Å². The zero-order valence-electron chi connectivity index (χ0n) is 54.3. The third-order valence-electron chi connectivity index (χ3n) is 16.8. The summed E-state index contributed by atoms with van der Waals surface area (Å²) in [7, 11) is 0. The number of likely N-dealkylation sites (tertiary alicyclic amines) is 1. The first-order valence-corrected chi connectivity index (χ1v) is 34.1. The molecule has 0 radical (unpaired) electrons. The smallest absolute Gasteiger partial charge is 0.311 e. The van der Waals surface area contributed by atoms with Crippen LogP contribution in [0, 0.1) is 22.7 Å². The summed E-state index contributed by atoms with van der Waals surface area (Å²) in [4.78, 5) is 40.5. The molecule has 0 saturated carbocycles. The standard InChI is InChI=1S/C52H97NO5.C17H34.C2H6/c1-9-12-15-18-20-27-34-49(35-28-21-19-16-13-10-2)58-50(56)52(7,8)39-30-23-25-32-41-57-44-47-42-46(36-37-48(55)33-26-17-14-11-3)43-53(47)40-31-24-22-29-38-51(5,6)45(4)54;1-4-7-9-11-12-14-16-17(6-3)15-13-10-8-5-2;1-2/h36-37,46-47,49H,9-35,38-44H2,1-8H3;6,17H,3-5,7-16H2,1-2H3;1-2H3/t46-,47-;;/m0../s1. The predicted molar refractivity (Wildman–Crippen MR) is 339 cm³/mol. The molecule has 1 aliphatic rings. The summed E-state index contributed by atoms with van der Waals surface area (Å²) >= 11 is 0. The van der Waals surface area contributed by atoms with E-state index in [-0.39, 0.29) is 29.1 Å². The highest BCUT2D eigenvalue weighted by Crippen LogP contribution is 2.30. The summed E-state index contributed by atoms with van der Waals surface area (Å²) in [6.45, 7) is 32.9. The van der Waals surface area contributed by atoms with Gasteiger partial charge in [0.2, 0.25) is 0 Å². The Morgan fingerprint density at radius 2 is 0.961 bits per heavy atom. The minimum Gasteiger partial charge on any atom is -0.462 e. The number of esters is 1. The molecule has 1 rings (SSSR count). The van der Waals surface area contributed by atoms with Crippen molar-refractivity contribution < 1.29 is 23.9 Å². The third-order valence-corrected chi connectivity index (χ3v) is 16.8. The second-order valence-electron chi connectivity index (χ2n) is 25.0. The molecule has 0 bridgehead atoms. The van der Waals surface area contributed by atoms with E-state index in [9.17, 15) is 14.4 Å². The van der Waals surface area contributed by atoms with Crippen molar-refractivity contribution in [2.24, 2.45) is 22.7 Å². The molecular formula is C71H137NO5. The van der Waals surface area contributed by atoms with Crippen LogP contribution in [0.25, 0.3) is 0 Å². The van der Waals surface area contributed by atoms with Gasteiger partial charge in [0.1, 0.15) is 11.9 Å². The highest BCUT2D eigenvalue weighted by atomic mass is 16.5. The lowest BCUT2D eigenvalue weighted by Crippen LogP contribution is -2.34. The fourth-order valence-corrected chi connectivity index (χ4v) is 10.8. The molecule has 0 spiro atoms. The number of Topliss-reactive ketones (excluding diaryl/α,β-unsaturated/α-hetero) is 1. The van der Waals surface area contributed by atoms with Crippen LogP contribution in [-0.4, -0.2) is 60.9 Å². The summed E-state index contributed by atoms with van der Waals surface area (Å²) in [6.07, 6.45) is 57.4. The van der Waals surface area contributed by atoms with E-state index >= 15 is 0 Å². The Morgan fingerprint density at radius 3 is 1.45 bits per heavy atom. The Balaban J connectivity index is 0. The summed E-state index contributed by atoms with van der Waals surface area (Å²) in [6, 6.07) is 0.392. The van der Waals surface area contributed by atoms with Gasteiger partial charge in [-0.25, -0.2) is 0 Å². The summed E-state index contributed by atoms with van der Waals surface area (Å²) < 4.78 is 12.6. The average molecular weight is 1080 g/mol. The molecule has 6 nitrogen and oxygen atoms in total. The van der Waals surface area contributed by atoms with E-state index in [0.717, 1.165) is 116 Å². The Hall–Kier alpha value is -1.79. The second-order valence-corrected chi connectivity index (χ2v) is 25.0. The first-order chi connectivity index (χ1) is 37.2. The van der Waals surface area contributed by atoms with Gasteiger partial charge in [-0.3, -0.25) is 19.3 Å². The molecule has 3 atom stereocenters. The summed E-state index contributed by atoms with van der Waals surface area (Å²) in [5.74, 6) is 1.75. The molecule has 77 heavy (non-hydrogen) atoms. The lowest BCUT2D eigenvalue weighted by molar-refractivity contribution is -0.161. The quantitative estimate of drug-likeness (QED) is 0.0262.